The van der Waals surface area contributed by atoms with E-state index in [-0.39, 0.29) is 17.8 Å². The highest BCUT2D eigenvalue weighted by Crippen LogP contribution is 2.49. The van der Waals surface area contributed by atoms with Gasteiger partial charge in [-0.05, 0) is 96.9 Å². The van der Waals surface area contributed by atoms with Crippen LogP contribution < -0.4 is 25.9 Å². The molecule has 2 nitrogen and oxygen atoms in total. The molecule has 45 heavy (non-hydrogen) atoms. The van der Waals surface area contributed by atoms with Gasteiger partial charge in [-0.3, -0.25) is 0 Å². The molecule has 0 N–H and O–H groups in total. The van der Waals surface area contributed by atoms with Crippen LogP contribution in [0.25, 0.3) is 55.6 Å². The van der Waals surface area contributed by atoms with Crippen LogP contribution in [0, 0.1) is 0 Å². The predicted molar refractivity (Wildman–Crippen MR) is 185 cm³/mol. The Hall–Kier alpha value is -5.80. The molecule has 0 spiro atoms. The van der Waals surface area contributed by atoms with Gasteiger partial charge in [0.05, 0.1) is 20.6 Å². The highest BCUT2D eigenvalue weighted by molar-refractivity contribution is 6.98. The third kappa shape index (κ3) is 3.58. The van der Waals surface area contributed by atoms with Crippen molar-refractivity contribution in [1.82, 2.24) is 0 Å². The molecule has 0 aromatic heterocycles. The van der Waals surface area contributed by atoms with Gasteiger partial charge in [0.25, 0.3) is 6.71 Å². The monoisotopic (exact) mass is 587 g/mol. The molecule has 0 unspecified atom stereocenters. The minimum atomic E-state index is -0.780. The maximum absolute atomic E-state index is 9.98. The predicted octanol–water partition coefficient (Wildman–Crippen LogP) is 9.06. The highest BCUT2D eigenvalue weighted by atomic mass is 16.5. The van der Waals surface area contributed by atoms with Gasteiger partial charge in [0.2, 0.25) is 0 Å². The van der Waals surface area contributed by atoms with Crippen LogP contribution in [-0.4, -0.2) is 6.71 Å². The van der Waals surface area contributed by atoms with Gasteiger partial charge in [-0.15, -0.1) is 0 Å². The summed E-state index contributed by atoms with van der Waals surface area (Å²) < 4.78 is 149. The molecule has 10 rings (SSSR count). The van der Waals surface area contributed by atoms with Gasteiger partial charge in [0.1, 0.15) is 23.0 Å². The van der Waals surface area contributed by atoms with Crippen molar-refractivity contribution in [2.75, 3.05) is 0 Å². The lowest BCUT2D eigenvalue weighted by Gasteiger charge is -2.33. The van der Waals surface area contributed by atoms with Gasteiger partial charge in [-0.1, -0.05) is 121 Å². The normalized spacial score (nSPS) is 17.4. The maximum Gasteiger partial charge on any atom is 0.260 e. The lowest BCUT2D eigenvalue weighted by atomic mass is 9.35. The Morgan fingerprint density at radius 1 is 0.422 bits per heavy atom. The molecule has 0 amide bonds. The van der Waals surface area contributed by atoms with Crippen LogP contribution in [0.4, 0.5) is 0 Å². The van der Waals surface area contributed by atoms with Crippen molar-refractivity contribution in [3.8, 4) is 78.6 Å². The number of para-hydroxylation sites is 2. The Bertz CT molecular complexity index is 3100. The van der Waals surface area contributed by atoms with Gasteiger partial charge in [0, 0.05) is 5.46 Å². The first-order valence-corrected chi connectivity index (χ1v) is 14.2. The molecular formula is C42H25BO2. The Labute approximate surface area is 283 Å². The molecule has 2 aliphatic heterocycles. The molecule has 0 saturated heterocycles. The summed E-state index contributed by atoms with van der Waals surface area (Å²) in [5.41, 5.74) is -1.27. The Balaban J connectivity index is 1.39. The van der Waals surface area contributed by atoms with E-state index < -0.39 is 135 Å². The second-order valence-electron chi connectivity index (χ2n) is 10.8. The quantitative estimate of drug-likeness (QED) is 0.179. The van der Waals surface area contributed by atoms with Crippen molar-refractivity contribution < 1.29 is 30.0 Å². The molecule has 7 aromatic rings. The fraction of sp³-hybridized carbons (Fsp3) is 0. The van der Waals surface area contributed by atoms with Crippen LogP contribution in [0.2, 0.25) is 0 Å². The summed E-state index contributed by atoms with van der Waals surface area (Å²) in [6.07, 6.45) is 0. The van der Waals surface area contributed by atoms with Crippen LogP contribution in [0.1, 0.15) is 20.6 Å². The zero-order chi connectivity index (χ0) is 42.5. The third-order valence-electron chi connectivity index (χ3n) is 8.46. The molecule has 1 aliphatic carbocycles. The van der Waals surface area contributed by atoms with E-state index in [0.29, 0.717) is 28.5 Å². The molecular weight excluding hydrogens is 547 g/mol. The summed E-state index contributed by atoms with van der Waals surface area (Å²) >= 11 is 0. The van der Waals surface area contributed by atoms with Crippen LogP contribution in [-0.2, 0) is 0 Å². The largest absolute Gasteiger partial charge is 0.458 e. The molecule has 0 bridgehead atoms. The smallest absolute Gasteiger partial charge is 0.260 e. The van der Waals surface area contributed by atoms with E-state index >= 15 is 0 Å². The van der Waals surface area contributed by atoms with E-state index in [1.54, 1.807) is 12.1 Å². The molecule has 2 heterocycles. The minimum Gasteiger partial charge on any atom is -0.458 e. The fourth-order valence-corrected chi connectivity index (χ4v) is 6.53. The standard InChI is InChI=1S/C42H25BO2/c1-2-12-29-28(11-1)30-13-3-4-15-32(30)34-22-21-26(23-35(34)33-16-6-5-14-31(29)33)27-24-40-42-41(25-27)45-39-20-10-8-18-37(39)43(42)36-17-7-9-19-38(36)44-40/h1-25H/i1D,2D,3D,4D,5D,6D,11D,12D,13D,14D,15D,16D,21D,22D,23D. The summed E-state index contributed by atoms with van der Waals surface area (Å²) in [5, 5.41) is 0. The maximum atomic E-state index is 9.98. The van der Waals surface area contributed by atoms with E-state index in [1.165, 1.54) is 0 Å². The van der Waals surface area contributed by atoms with Crippen LogP contribution in [0.3, 0.4) is 0 Å². The summed E-state index contributed by atoms with van der Waals surface area (Å²) in [7, 11) is 0. The first kappa shape index (κ1) is 14.3. The summed E-state index contributed by atoms with van der Waals surface area (Å²) in [6.45, 7) is -0.311. The van der Waals surface area contributed by atoms with Gasteiger partial charge in [-0.2, -0.15) is 0 Å². The summed E-state index contributed by atoms with van der Waals surface area (Å²) in [5.74, 6) is 1.80. The van der Waals surface area contributed by atoms with Crippen LogP contribution in [0.5, 0.6) is 23.0 Å². The Kier molecular flexibility index (Phi) is 2.98. The summed E-state index contributed by atoms with van der Waals surface area (Å²) in [4.78, 5) is 0. The molecule has 0 saturated carbocycles. The summed E-state index contributed by atoms with van der Waals surface area (Å²) in [6, 6.07) is 7.23. The minimum absolute atomic E-state index is 0.162. The molecule has 3 heteroatoms. The molecule has 0 fully saturated rings. The number of ether oxygens (including phenoxy) is 2. The number of hydrogen-bond acceptors (Lipinski definition) is 2. The lowest BCUT2D eigenvalue weighted by molar-refractivity contribution is 0.465. The number of benzene rings is 7. The molecule has 208 valence electrons. The number of fused-ring (bicyclic) bond motifs is 12. The zero-order valence-corrected chi connectivity index (χ0v) is 23.2. The lowest BCUT2D eigenvalue weighted by Crippen LogP contribution is -2.57. The molecule has 0 radical (unpaired) electrons. The van der Waals surface area contributed by atoms with Gasteiger partial charge in [-0.25, -0.2) is 0 Å². The fourth-order valence-electron chi connectivity index (χ4n) is 6.53. The van der Waals surface area contributed by atoms with Crippen molar-refractivity contribution in [2.45, 2.75) is 0 Å². The van der Waals surface area contributed by atoms with Gasteiger partial charge >= 0.3 is 0 Å². The Morgan fingerprint density at radius 3 is 1.33 bits per heavy atom. The zero-order valence-electron chi connectivity index (χ0n) is 38.2. The average Bonchev–Trinajstić information content (AvgIpc) is 3.23. The van der Waals surface area contributed by atoms with E-state index in [1.807, 2.05) is 48.5 Å². The van der Waals surface area contributed by atoms with E-state index in [4.69, 9.17) is 21.8 Å². The van der Waals surface area contributed by atoms with Crippen molar-refractivity contribution in [2.24, 2.45) is 0 Å². The number of hydrogen-bond donors (Lipinski definition) is 0. The highest BCUT2D eigenvalue weighted by Gasteiger charge is 2.40. The molecule has 7 aromatic carbocycles. The second kappa shape index (κ2) is 9.35. The van der Waals surface area contributed by atoms with E-state index in [9.17, 15) is 8.22 Å². The SMILES string of the molecule is [2H]c1c([2H])c([2H])c2c(c1[2H])-c1c([2H])c([2H])c([2H])c([2H])c1-c1c([2H])c([2H])c(-c3cc4c5c(c3)Oc3ccccc3B5c3ccccc3O4)c([2H])c1-c1c([2H])c([2H])c([2H])c([2H])c1-2. The van der Waals surface area contributed by atoms with Crippen LogP contribution in [0.15, 0.2) is 151 Å². The third-order valence-corrected chi connectivity index (χ3v) is 8.46. The van der Waals surface area contributed by atoms with Crippen molar-refractivity contribution >= 4 is 23.1 Å². The topological polar surface area (TPSA) is 18.5 Å². The Morgan fingerprint density at radius 2 is 0.844 bits per heavy atom. The van der Waals surface area contributed by atoms with Gasteiger partial charge < -0.3 is 9.47 Å². The molecule has 0 atom stereocenters. The van der Waals surface area contributed by atoms with Crippen molar-refractivity contribution in [3.05, 3.63) is 151 Å². The van der Waals surface area contributed by atoms with Crippen molar-refractivity contribution in [3.63, 3.8) is 0 Å². The average molecular weight is 588 g/mol. The van der Waals surface area contributed by atoms with E-state index in [0.717, 1.165) is 10.9 Å². The second-order valence-corrected chi connectivity index (χ2v) is 10.8. The van der Waals surface area contributed by atoms with E-state index in [2.05, 4.69) is 0 Å². The first-order chi connectivity index (χ1) is 28.6. The van der Waals surface area contributed by atoms with Crippen LogP contribution >= 0.6 is 0 Å². The number of rotatable bonds is 1. The van der Waals surface area contributed by atoms with Gasteiger partial charge in [0.15, 0.2) is 0 Å². The van der Waals surface area contributed by atoms with Crippen molar-refractivity contribution in [1.29, 1.82) is 0 Å². The molecule has 3 aliphatic rings. The first-order valence-electron chi connectivity index (χ1n) is 21.7.